The maximum atomic E-state index is 12.6. The average Bonchev–Trinajstić information content (AvgIpc) is 3.15. The monoisotopic (exact) mass is 352 g/mol. The summed E-state index contributed by atoms with van der Waals surface area (Å²) in [4.78, 5) is 12.6. The topological polar surface area (TPSA) is 73.0 Å². The molecule has 0 radical (unpaired) electrons. The van der Waals surface area contributed by atoms with Gasteiger partial charge in [0.1, 0.15) is 5.76 Å². The Labute approximate surface area is 153 Å². The molecule has 6 nitrogen and oxygen atoms in total. The maximum absolute atomic E-state index is 12.6. The lowest BCUT2D eigenvalue weighted by atomic mass is 10.0. The van der Waals surface area contributed by atoms with Crippen LogP contribution in [0.1, 0.15) is 51.6 Å². The molecular formula is C20H24N4O2. The Bertz CT molecular complexity index is 896. The quantitative estimate of drug-likeness (QED) is 0.738. The first-order valence-electron chi connectivity index (χ1n) is 8.75. The number of hydrogen-bond donors (Lipinski definition) is 1. The van der Waals surface area contributed by atoms with Crippen molar-refractivity contribution in [2.24, 2.45) is 0 Å². The van der Waals surface area contributed by atoms with Gasteiger partial charge in [-0.25, -0.2) is 0 Å². The summed E-state index contributed by atoms with van der Waals surface area (Å²) < 4.78 is 7.13. The summed E-state index contributed by atoms with van der Waals surface area (Å²) in [5.74, 6) is 0.632. The Hall–Kier alpha value is -2.89. The average molecular weight is 352 g/mol. The molecule has 3 rings (SSSR count). The molecule has 1 atom stereocenters. The molecule has 0 spiro atoms. The molecule has 0 fully saturated rings. The van der Waals surface area contributed by atoms with Crippen molar-refractivity contribution in [2.75, 3.05) is 6.54 Å². The first-order chi connectivity index (χ1) is 12.5. The molecule has 1 amide bonds. The molecule has 1 unspecified atom stereocenters. The largest absolute Gasteiger partial charge is 0.361 e. The molecule has 3 aromatic rings. The van der Waals surface area contributed by atoms with Gasteiger partial charge in [0.05, 0.1) is 12.2 Å². The molecule has 0 saturated heterocycles. The standard InChI is InChI=1S/C20H24N4O2/c1-13(17-8-6-5-7-9-17)11-21-20(25)19-18(16(4)26-23-19)12-24-15(3)10-14(2)22-24/h5-10,13H,11-12H2,1-4H3,(H,21,25). The van der Waals surface area contributed by atoms with Crippen molar-refractivity contribution in [1.29, 1.82) is 0 Å². The number of hydrogen-bond acceptors (Lipinski definition) is 4. The zero-order chi connectivity index (χ0) is 18.7. The fraction of sp³-hybridized carbons (Fsp3) is 0.350. The van der Waals surface area contributed by atoms with Crippen LogP contribution >= 0.6 is 0 Å². The lowest BCUT2D eigenvalue weighted by molar-refractivity contribution is 0.0941. The van der Waals surface area contributed by atoms with E-state index in [1.165, 1.54) is 5.56 Å². The predicted molar refractivity (Wildman–Crippen MR) is 99.2 cm³/mol. The Morgan fingerprint density at radius 1 is 1.23 bits per heavy atom. The maximum Gasteiger partial charge on any atom is 0.273 e. The summed E-state index contributed by atoms with van der Waals surface area (Å²) in [6, 6.07) is 12.1. The molecule has 6 heteroatoms. The van der Waals surface area contributed by atoms with E-state index in [9.17, 15) is 4.79 Å². The van der Waals surface area contributed by atoms with Crippen molar-refractivity contribution < 1.29 is 9.32 Å². The zero-order valence-corrected chi connectivity index (χ0v) is 15.6. The number of rotatable bonds is 6. The summed E-state index contributed by atoms with van der Waals surface area (Å²) in [6.07, 6.45) is 0. The number of aryl methyl sites for hydroxylation is 3. The van der Waals surface area contributed by atoms with Crippen LogP contribution in [-0.4, -0.2) is 27.4 Å². The van der Waals surface area contributed by atoms with E-state index >= 15 is 0 Å². The zero-order valence-electron chi connectivity index (χ0n) is 15.6. The highest BCUT2D eigenvalue weighted by Crippen LogP contribution is 2.17. The first-order valence-corrected chi connectivity index (χ1v) is 8.75. The number of aromatic nitrogens is 3. The molecule has 0 aliphatic rings. The Morgan fingerprint density at radius 2 is 1.96 bits per heavy atom. The fourth-order valence-electron chi connectivity index (χ4n) is 2.97. The molecule has 136 valence electrons. The highest BCUT2D eigenvalue weighted by Gasteiger charge is 2.21. The van der Waals surface area contributed by atoms with E-state index in [1.807, 2.05) is 49.7 Å². The van der Waals surface area contributed by atoms with Gasteiger partial charge in [-0.05, 0) is 38.3 Å². The molecule has 2 aromatic heterocycles. The van der Waals surface area contributed by atoms with E-state index < -0.39 is 0 Å². The fourth-order valence-corrected chi connectivity index (χ4v) is 2.97. The molecule has 1 N–H and O–H groups in total. The number of carbonyl (C=O) groups excluding carboxylic acids is 1. The number of nitrogens with one attached hydrogen (secondary N) is 1. The summed E-state index contributed by atoms with van der Waals surface area (Å²) in [5, 5.41) is 11.4. The van der Waals surface area contributed by atoms with Crippen LogP contribution in [0.25, 0.3) is 0 Å². The van der Waals surface area contributed by atoms with Crippen LogP contribution in [0.15, 0.2) is 40.9 Å². The van der Waals surface area contributed by atoms with Crippen LogP contribution in [0.3, 0.4) is 0 Å². The van der Waals surface area contributed by atoms with E-state index in [0.717, 1.165) is 17.0 Å². The minimum Gasteiger partial charge on any atom is -0.361 e. The van der Waals surface area contributed by atoms with Crippen molar-refractivity contribution in [3.8, 4) is 0 Å². The molecule has 0 bridgehead atoms. The summed E-state index contributed by atoms with van der Waals surface area (Å²) in [7, 11) is 0. The highest BCUT2D eigenvalue weighted by atomic mass is 16.5. The predicted octanol–water partition coefficient (Wildman–Crippen LogP) is 3.38. The van der Waals surface area contributed by atoms with Crippen LogP contribution < -0.4 is 5.32 Å². The second-order valence-electron chi connectivity index (χ2n) is 6.67. The van der Waals surface area contributed by atoms with Gasteiger partial charge in [-0.1, -0.05) is 42.4 Å². The van der Waals surface area contributed by atoms with Crippen LogP contribution in [0.2, 0.25) is 0 Å². The van der Waals surface area contributed by atoms with Gasteiger partial charge in [-0.3, -0.25) is 9.48 Å². The van der Waals surface area contributed by atoms with Gasteiger partial charge in [0.2, 0.25) is 0 Å². The van der Waals surface area contributed by atoms with Crippen LogP contribution in [0.5, 0.6) is 0 Å². The van der Waals surface area contributed by atoms with E-state index in [2.05, 4.69) is 34.6 Å². The second-order valence-corrected chi connectivity index (χ2v) is 6.67. The molecule has 0 saturated carbocycles. The first kappa shape index (κ1) is 17.9. The third kappa shape index (κ3) is 3.85. The molecule has 1 aromatic carbocycles. The van der Waals surface area contributed by atoms with Gasteiger partial charge in [-0.15, -0.1) is 0 Å². The number of carbonyl (C=O) groups is 1. The van der Waals surface area contributed by atoms with Gasteiger partial charge in [0.15, 0.2) is 5.69 Å². The Kier molecular flexibility index (Phi) is 5.21. The number of benzene rings is 1. The normalized spacial score (nSPS) is 12.2. The van der Waals surface area contributed by atoms with Gasteiger partial charge in [0, 0.05) is 17.8 Å². The van der Waals surface area contributed by atoms with E-state index in [4.69, 9.17) is 4.52 Å². The minimum atomic E-state index is -0.221. The third-order valence-corrected chi connectivity index (χ3v) is 4.55. The van der Waals surface area contributed by atoms with Crippen LogP contribution in [0, 0.1) is 20.8 Å². The van der Waals surface area contributed by atoms with Crippen molar-refractivity contribution in [1.82, 2.24) is 20.3 Å². The molecule has 0 aliphatic carbocycles. The Balaban J connectivity index is 1.71. The third-order valence-electron chi connectivity index (χ3n) is 4.55. The van der Waals surface area contributed by atoms with Crippen LogP contribution in [0.4, 0.5) is 0 Å². The molecular weight excluding hydrogens is 328 g/mol. The smallest absolute Gasteiger partial charge is 0.273 e. The minimum absolute atomic E-state index is 0.215. The molecule has 26 heavy (non-hydrogen) atoms. The van der Waals surface area contributed by atoms with Gasteiger partial charge in [-0.2, -0.15) is 5.10 Å². The van der Waals surface area contributed by atoms with Gasteiger partial charge < -0.3 is 9.84 Å². The van der Waals surface area contributed by atoms with E-state index in [0.29, 0.717) is 24.5 Å². The van der Waals surface area contributed by atoms with E-state index in [1.54, 1.807) is 0 Å². The molecule has 2 heterocycles. The highest BCUT2D eigenvalue weighted by molar-refractivity contribution is 5.93. The SMILES string of the molecule is Cc1cc(C)n(Cc2c(C(=O)NCC(C)c3ccccc3)noc2C)n1. The lowest BCUT2D eigenvalue weighted by Crippen LogP contribution is -2.29. The van der Waals surface area contributed by atoms with E-state index in [-0.39, 0.29) is 11.8 Å². The van der Waals surface area contributed by atoms with Crippen molar-refractivity contribution in [2.45, 2.75) is 40.2 Å². The van der Waals surface area contributed by atoms with Crippen molar-refractivity contribution in [3.05, 3.63) is 70.4 Å². The van der Waals surface area contributed by atoms with Crippen molar-refractivity contribution in [3.63, 3.8) is 0 Å². The van der Waals surface area contributed by atoms with Gasteiger partial charge in [0.25, 0.3) is 5.91 Å². The summed E-state index contributed by atoms with van der Waals surface area (Å²) >= 11 is 0. The lowest BCUT2D eigenvalue weighted by Gasteiger charge is -2.13. The number of nitrogens with zero attached hydrogens (tertiary/aromatic N) is 3. The molecule has 0 aliphatic heterocycles. The summed E-state index contributed by atoms with van der Waals surface area (Å²) in [6.45, 7) is 8.84. The Morgan fingerprint density at radius 3 is 2.62 bits per heavy atom. The van der Waals surface area contributed by atoms with Crippen LogP contribution in [-0.2, 0) is 6.54 Å². The van der Waals surface area contributed by atoms with Gasteiger partial charge >= 0.3 is 0 Å². The number of amides is 1. The second kappa shape index (κ2) is 7.56. The van der Waals surface area contributed by atoms with Crippen molar-refractivity contribution >= 4 is 5.91 Å². The summed E-state index contributed by atoms with van der Waals surface area (Å²) in [5.41, 5.74) is 4.26.